The second kappa shape index (κ2) is 15.0. The van der Waals surface area contributed by atoms with Gasteiger partial charge in [-0.2, -0.15) is 0 Å². The average molecular weight is 610 g/mol. The first kappa shape index (κ1) is 33.4. The number of allylic oxidation sites excluding steroid dienone is 1. The molecule has 4 rings (SSSR count). The molecule has 2 bridgehead atoms. The molecule has 1 spiro atoms. The zero-order valence-corrected chi connectivity index (χ0v) is 26.0. The van der Waals surface area contributed by atoms with E-state index < -0.39 is 47.6 Å². The number of carbonyl (C=O) groups is 4. The number of hydrogen-bond donors (Lipinski definition) is 2. The third-order valence-corrected chi connectivity index (χ3v) is 9.19. The first-order chi connectivity index (χ1) is 21.2. The van der Waals surface area contributed by atoms with Crippen LogP contribution in [0.25, 0.3) is 0 Å². The summed E-state index contributed by atoms with van der Waals surface area (Å²) in [6.45, 7) is 11.7. The van der Waals surface area contributed by atoms with Gasteiger partial charge in [-0.25, -0.2) is 0 Å². The second-order valence-electron chi connectivity index (χ2n) is 12.1. The predicted molar refractivity (Wildman–Crippen MR) is 165 cm³/mol. The van der Waals surface area contributed by atoms with Crippen molar-refractivity contribution >= 4 is 23.7 Å². The Morgan fingerprint density at radius 1 is 1.23 bits per heavy atom. The summed E-state index contributed by atoms with van der Waals surface area (Å²) in [4.78, 5) is 58.0. The van der Waals surface area contributed by atoms with Gasteiger partial charge in [0.2, 0.25) is 17.7 Å². The van der Waals surface area contributed by atoms with Gasteiger partial charge in [-0.3, -0.25) is 19.2 Å². The number of ether oxygens (including phenoxy) is 2. The average Bonchev–Trinajstić information content (AvgIpc) is 3.68. The van der Waals surface area contributed by atoms with Crippen molar-refractivity contribution in [3.8, 4) is 0 Å². The maximum atomic E-state index is 14.3. The molecule has 10 nitrogen and oxygen atoms in total. The van der Waals surface area contributed by atoms with Crippen LogP contribution in [0.5, 0.6) is 0 Å². The lowest BCUT2D eigenvalue weighted by molar-refractivity contribution is -0.151. The fraction of sp³-hybridized carbons (Fsp3) is 0.588. The van der Waals surface area contributed by atoms with Crippen LogP contribution in [0.3, 0.4) is 0 Å². The van der Waals surface area contributed by atoms with Crippen LogP contribution >= 0.6 is 0 Å². The SMILES string of the molecule is C=CCCC(=O)OC[C@@H](NC(=O)[C@@H]1[C@@H]2CC[C@]3(O2)[C@H](C(=O)N(CC=C)CCCCC)N([C@H](C)CO)C(=O)[C@@H]13)c1ccccc1. The lowest BCUT2D eigenvalue weighted by Gasteiger charge is -2.38. The van der Waals surface area contributed by atoms with E-state index in [1.165, 1.54) is 4.90 Å². The summed E-state index contributed by atoms with van der Waals surface area (Å²) in [5.74, 6) is -3.10. The standard InChI is InChI=1S/C34H47N3O7/c1-5-8-13-20-36(19-7-3)33(42)30-34-18-17-26(44-34)28(29(34)32(41)37(30)23(4)21-38)31(40)35-25(24-14-11-10-12-15-24)22-43-27(39)16-9-6-2/h6-7,10-12,14-15,23,25-26,28-30,38H,2-3,5,8-9,13,16-22H2,1,4H3,(H,35,40)/t23-,25-,26+,28-,29-,30+,34-/m1/s1. The molecule has 0 saturated carbocycles. The molecule has 2 N–H and O–H groups in total. The topological polar surface area (TPSA) is 125 Å². The highest BCUT2D eigenvalue weighted by Crippen LogP contribution is 2.59. The second-order valence-corrected chi connectivity index (χ2v) is 12.1. The molecule has 0 aromatic heterocycles. The number of fused-ring (bicyclic) bond motifs is 1. The Morgan fingerprint density at radius 2 is 1.98 bits per heavy atom. The van der Waals surface area contributed by atoms with Gasteiger partial charge >= 0.3 is 5.97 Å². The molecule has 44 heavy (non-hydrogen) atoms. The summed E-state index contributed by atoms with van der Waals surface area (Å²) in [7, 11) is 0. The van der Waals surface area contributed by atoms with E-state index in [1.807, 2.05) is 30.3 Å². The van der Waals surface area contributed by atoms with Crippen molar-refractivity contribution < 1.29 is 33.8 Å². The highest BCUT2D eigenvalue weighted by Gasteiger charge is 2.75. The highest BCUT2D eigenvalue weighted by molar-refractivity contribution is 5.99. The third-order valence-electron chi connectivity index (χ3n) is 9.19. The molecular weight excluding hydrogens is 562 g/mol. The van der Waals surface area contributed by atoms with Crippen molar-refractivity contribution in [1.29, 1.82) is 0 Å². The molecular formula is C34H47N3O7. The quantitative estimate of drug-likeness (QED) is 0.158. The highest BCUT2D eigenvalue weighted by atomic mass is 16.5. The van der Waals surface area contributed by atoms with Crippen LogP contribution in [0.2, 0.25) is 0 Å². The first-order valence-electron chi connectivity index (χ1n) is 15.9. The number of nitrogens with one attached hydrogen (secondary N) is 1. The molecule has 10 heteroatoms. The molecule has 0 radical (unpaired) electrons. The Morgan fingerprint density at radius 3 is 2.64 bits per heavy atom. The number of unbranched alkanes of at least 4 members (excludes halogenated alkanes) is 2. The summed E-state index contributed by atoms with van der Waals surface area (Å²) in [5.41, 5.74) is -0.418. The molecule has 7 atom stereocenters. The van der Waals surface area contributed by atoms with E-state index in [0.717, 1.165) is 24.8 Å². The number of amides is 3. The number of nitrogens with zero attached hydrogens (tertiary/aromatic N) is 2. The summed E-state index contributed by atoms with van der Waals surface area (Å²) in [6.07, 6.45) is 7.21. The maximum Gasteiger partial charge on any atom is 0.306 e. The van der Waals surface area contributed by atoms with Gasteiger partial charge in [-0.15, -0.1) is 13.2 Å². The van der Waals surface area contributed by atoms with Gasteiger partial charge in [0.25, 0.3) is 0 Å². The molecule has 3 saturated heterocycles. The molecule has 3 fully saturated rings. The van der Waals surface area contributed by atoms with Crippen LogP contribution in [0.1, 0.15) is 70.4 Å². The normalized spacial score (nSPS) is 26.5. The number of esters is 1. The minimum Gasteiger partial charge on any atom is -0.463 e. The van der Waals surface area contributed by atoms with Gasteiger partial charge in [-0.1, -0.05) is 62.2 Å². The fourth-order valence-corrected chi connectivity index (χ4v) is 7.05. The number of rotatable bonds is 17. The Bertz CT molecular complexity index is 1210. The fourth-order valence-electron chi connectivity index (χ4n) is 7.05. The van der Waals surface area contributed by atoms with Crippen LogP contribution < -0.4 is 5.32 Å². The number of carbonyl (C=O) groups excluding carboxylic acids is 4. The Labute approximate surface area is 260 Å². The Balaban J connectivity index is 1.62. The van der Waals surface area contributed by atoms with E-state index in [-0.39, 0.29) is 37.4 Å². The van der Waals surface area contributed by atoms with Gasteiger partial charge in [0.1, 0.15) is 18.2 Å². The molecule has 1 aromatic rings. The summed E-state index contributed by atoms with van der Waals surface area (Å²) in [6, 6.07) is 6.97. The van der Waals surface area contributed by atoms with Crippen molar-refractivity contribution in [2.24, 2.45) is 11.8 Å². The van der Waals surface area contributed by atoms with Crippen molar-refractivity contribution in [1.82, 2.24) is 15.1 Å². The van der Waals surface area contributed by atoms with Crippen molar-refractivity contribution in [2.75, 3.05) is 26.3 Å². The van der Waals surface area contributed by atoms with Crippen molar-refractivity contribution in [3.05, 3.63) is 61.2 Å². The number of likely N-dealkylation sites (tertiary alicyclic amines) is 1. The molecule has 3 heterocycles. The van der Waals surface area contributed by atoms with Gasteiger partial charge in [0.15, 0.2) is 0 Å². The largest absolute Gasteiger partial charge is 0.463 e. The Kier molecular flexibility index (Phi) is 11.4. The maximum absolute atomic E-state index is 14.3. The number of aliphatic hydroxyl groups excluding tert-OH is 1. The van der Waals surface area contributed by atoms with E-state index in [4.69, 9.17) is 9.47 Å². The molecule has 3 amide bonds. The lowest BCUT2D eigenvalue weighted by Crippen LogP contribution is -2.58. The molecule has 3 aliphatic rings. The monoisotopic (exact) mass is 609 g/mol. The summed E-state index contributed by atoms with van der Waals surface area (Å²) < 4.78 is 12.1. The van der Waals surface area contributed by atoms with Crippen LogP contribution in [0.15, 0.2) is 55.6 Å². The van der Waals surface area contributed by atoms with E-state index >= 15 is 0 Å². The minimum absolute atomic E-state index is 0.0726. The van der Waals surface area contributed by atoms with Gasteiger partial charge in [0.05, 0.1) is 36.6 Å². The zero-order valence-electron chi connectivity index (χ0n) is 26.0. The molecule has 3 aliphatic heterocycles. The van der Waals surface area contributed by atoms with Crippen LogP contribution in [-0.4, -0.2) is 88.7 Å². The van der Waals surface area contributed by atoms with E-state index in [9.17, 15) is 24.3 Å². The molecule has 0 unspecified atom stereocenters. The number of hydrogen-bond acceptors (Lipinski definition) is 7. The molecule has 240 valence electrons. The number of aliphatic hydroxyl groups is 1. The molecule has 0 aliphatic carbocycles. The van der Waals surface area contributed by atoms with Crippen LogP contribution in [-0.2, 0) is 28.7 Å². The van der Waals surface area contributed by atoms with Gasteiger partial charge in [-0.05, 0) is 38.2 Å². The zero-order chi connectivity index (χ0) is 31.9. The lowest BCUT2D eigenvalue weighted by atomic mass is 9.70. The molecule has 1 aromatic carbocycles. The van der Waals surface area contributed by atoms with E-state index in [1.54, 1.807) is 24.0 Å². The predicted octanol–water partition coefficient (Wildman–Crippen LogP) is 3.31. The van der Waals surface area contributed by atoms with Gasteiger partial charge in [0, 0.05) is 19.5 Å². The summed E-state index contributed by atoms with van der Waals surface area (Å²) >= 11 is 0. The number of benzene rings is 1. The van der Waals surface area contributed by atoms with E-state index in [0.29, 0.717) is 32.4 Å². The van der Waals surface area contributed by atoms with Crippen molar-refractivity contribution in [3.63, 3.8) is 0 Å². The Hall–Kier alpha value is -3.50. The van der Waals surface area contributed by atoms with Crippen LogP contribution in [0, 0.1) is 11.8 Å². The van der Waals surface area contributed by atoms with Crippen molar-refractivity contribution in [2.45, 2.75) is 88.6 Å². The van der Waals surface area contributed by atoms with Gasteiger partial charge < -0.3 is 29.7 Å². The summed E-state index contributed by atoms with van der Waals surface area (Å²) in [5, 5.41) is 13.2. The first-order valence-corrected chi connectivity index (χ1v) is 15.9. The minimum atomic E-state index is -1.17. The van der Waals surface area contributed by atoms with E-state index in [2.05, 4.69) is 25.4 Å². The van der Waals surface area contributed by atoms with Crippen LogP contribution in [0.4, 0.5) is 0 Å². The third kappa shape index (κ3) is 6.61. The smallest absolute Gasteiger partial charge is 0.306 e.